The second-order valence-corrected chi connectivity index (χ2v) is 6.26. The number of sulfonamides is 1. The molecule has 0 spiro atoms. The van der Waals surface area contributed by atoms with Crippen molar-refractivity contribution >= 4 is 21.4 Å². The van der Waals surface area contributed by atoms with Crippen molar-refractivity contribution < 1.29 is 12.8 Å². The second-order valence-electron chi connectivity index (χ2n) is 4.61. The van der Waals surface area contributed by atoms with E-state index >= 15 is 0 Å². The van der Waals surface area contributed by atoms with E-state index < -0.39 is 20.7 Å². The molecule has 0 aliphatic carbocycles. The molecule has 0 aromatic heterocycles. The standard InChI is InChI=1S/C14H15FN2O2S/c1-9-3-5-11(6-4-9)17-20(18,19)14-8-13(16)10(2)7-12(14)15/h3-8,17H,16H2,1-2H3. The lowest BCUT2D eigenvalue weighted by Crippen LogP contribution is -2.15. The summed E-state index contributed by atoms with van der Waals surface area (Å²) < 4.78 is 40.5. The molecular formula is C14H15FN2O2S. The van der Waals surface area contributed by atoms with Gasteiger partial charge in [-0.25, -0.2) is 12.8 Å². The molecular weight excluding hydrogens is 279 g/mol. The lowest BCUT2D eigenvalue weighted by molar-refractivity contribution is 0.570. The van der Waals surface area contributed by atoms with Gasteiger partial charge in [-0.15, -0.1) is 0 Å². The summed E-state index contributed by atoms with van der Waals surface area (Å²) in [5.74, 6) is -0.823. The molecule has 2 aromatic carbocycles. The third-order valence-electron chi connectivity index (χ3n) is 2.91. The van der Waals surface area contributed by atoms with Crippen molar-refractivity contribution in [2.75, 3.05) is 10.5 Å². The van der Waals surface area contributed by atoms with Crippen LogP contribution >= 0.6 is 0 Å². The third-order valence-corrected chi connectivity index (χ3v) is 4.31. The first kappa shape index (κ1) is 14.3. The molecule has 0 amide bonds. The van der Waals surface area contributed by atoms with Gasteiger partial charge in [-0.05, 0) is 43.7 Å². The molecule has 3 N–H and O–H groups in total. The van der Waals surface area contributed by atoms with Gasteiger partial charge < -0.3 is 5.73 Å². The van der Waals surface area contributed by atoms with Crippen LogP contribution in [0.5, 0.6) is 0 Å². The maximum absolute atomic E-state index is 13.8. The number of nitrogen functional groups attached to an aromatic ring is 1. The summed E-state index contributed by atoms with van der Waals surface area (Å²) in [7, 11) is -4.00. The summed E-state index contributed by atoms with van der Waals surface area (Å²) in [6.07, 6.45) is 0. The molecule has 6 heteroatoms. The van der Waals surface area contributed by atoms with Crippen molar-refractivity contribution in [3.63, 3.8) is 0 Å². The number of hydrogen-bond donors (Lipinski definition) is 2. The Morgan fingerprint density at radius 2 is 1.70 bits per heavy atom. The topological polar surface area (TPSA) is 72.2 Å². The van der Waals surface area contributed by atoms with Crippen LogP contribution in [0.1, 0.15) is 11.1 Å². The summed E-state index contributed by atoms with van der Waals surface area (Å²) in [5.41, 5.74) is 7.74. The summed E-state index contributed by atoms with van der Waals surface area (Å²) in [6, 6.07) is 8.99. The van der Waals surface area contributed by atoms with E-state index in [0.29, 0.717) is 11.3 Å². The fourth-order valence-corrected chi connectivity index (χ4v) is 2.86. The minimum Gasteiger partial charge on any atom is -0.398 e. The molecule has 4 nitrogen and oxygen atoms in total. The molecule has 2 aromatic rings. The van der Waals surface area contributed by atoms with E-state index in [0.717, 1.165) is 17.7 Å². The lowest BCUT2D eigenvalue weighted by atomic mass is 10.2. The van der Waals surface area contributed by atoms with Crippen molar-refractivity contribution in [2.45, 2.75) is 18.7 Å². The Labute approximate surface area is 117 Å². The Hall–Kier alpha value is -2.08. The SMILES string of the molecule is Cc1ccc(NS(=O)(=O)c2cc(N)c(C)cc2F)cc1. The minimum absolute atomic E-state index is 0.232. The van der Waals surface area contributed by atoms with Crippen LogP contribution in [-0.2, 0) is 10.0 Å². The van der Waals surface area contributed by atoms with Gasteiger partial charge in [-0.1, -0.05) is 17.7 Å². The average molecular weight is 294 g/mol. The summed E-state index contributed by atoms with van der Waals surface area (Å²) in [5, 5.41) is 0. The molecule has 106 valence electrons. The van der Waals surface area contributed by atoms with Gasteiger partial charge in [0, 0.05) is 11.4 Å². The molecule has 0 bridgehead atoms. The van der Waals surface area contributed by atoms with E-state index in [1.54, 1.807) is 31.2 Å². The van der Waals surface area contributed by atoms with Gasteiger partial charge in [0.15, 0.2) is 0 Å². The quantitative estimate of drug-likeness (QED) is 0.855. The lowest BCUT2D eigenvalue weighted by Gasteiger charge is -2.11. The Balaban J connectivity index is 2.40. The summed E-state index contributed by atoms with van der Waals surface area (Å²) in [4.78, 5) is -0.457. The van der Waals surface area contributed by atoms with Gasteiger partial charge in [0.2, 0.25) is 0 Å². The van der Waals surface area contributed by atoms with Gasteiger partial charge in [-0.2, -0.15) is 0 Å². The molecule has 20 heavy (non-hydrogen) atoms. The number of rotatable bonds is 3. The van der Waals surface area contributed by atoms with Gasteiger partial charge >= 0.3 is 0 Å². The van der Waals surface area contributed by atoms with Crippen LogP contribution in [0.15, 0.2) is 41.3 Å². The highest BCUT2D eigenvalue weighted by atomic mass is 32.2. The van der Waals surface area contributed by atoms with Crippen LogP contribution < -0.4 is 10.5 Å². The summed E-state index contributed by atoms with van der Waals surface area (Å²) in [6.45, 7) is 3.50. The molecule has 0 atom stereocenters. The van der Waals surface area contributed by atoms with E-state index in [9.17, 15) is 12.8 Å². The van der Waals surface area contributed by atoms with Crippen molar-refractivity contribution in [1.29, 1.82) is 0 Å². The number of nitrogens with one attached hydrogen (secondary N) is 1. The van der Waals surface area contributed by atoms with Gasteiger partial charge in [-0.3, -0.25) is 4.72 Å². The molecule has 0 saturated carbocycles. The van der Waals surface area contributed by atoms with Crippen LogP contribution in [0.4, 0.5) is 15.8 Å². The predicted molar refractivity (Wildman–Crippen MR) is 77.5 cm³/mol. The van der Waals surface area contributed by atoms with Crippen LogP contribution in [0.3, 0.4) is 0 Å². The largest absolute Gasteiger partial charge is 0.398 e. The smallest absolute Gasteiger partial charge is 0.264 e. The van der Waals surface area contributed by atoms with E-state index in [4.69, 9.17) is 5.73 Å². The Kier molecular flexibility index (Phi) is 3.67. The molecule has 2 rings (SSSR count). The highest BCUT2D eigenvalue weighted by Gasteiger charge is 2.20. The number of hydrogen-bond acceptors (Lipinski definition) is 3. The maximum Gasteiger partial charge on any atom is 0.264 e. The predicted octanol–water partition coefficient (Wildman–Crippen LogP) is 2.83. The molecule has 0 aliphatic rings. The van der Waals surface area contributed by atoms with E-state index in [-0.39, 0.29) is 5.69 Å². The van der Waals surface area contributed by atoms with Crippen LogP contribution in [0, 0.1) is 19.7 Å². The van der Waals surface area contributed by atoms with Crippen LogP contribution in [-0.4, -0.2) is 8.42 Å². The van der Waals surface area contributed by atoms with Crippen LogP contribution in [0.25, 0.3) is 0 Å². The normalized spacial score (nSPS) is 11.3. The summed E-state index contributed by atoms with van der Waals surface area (Å²) >= 11 is 0. The zero-order chi connectivity index (χ0) is 14.9. The monoisotopic (exact) mass is 294 g/mol. The first-order valence-corrected chi connectivity index (χ1v) is 7.43. The fourth-order valence-electron chi connectivity index (χ4n) is 1.71. The minimum atomic E-state index is -4.00. The average Bonchev–Trinajstić information content (AvgIpc) is 2.36. The van der Waals surface area contributed by atoms with E-state index in [2.05, 4.69) is 4.72 Å². The zero-order valence-electron chi connectivity index (χ0n) is 11.1. The molecule has 0 heterocycles. The zero-order valence-corrected chi connectivity index (χ0v) is 12.0. The first-order chi connectivity index (χ1) is 9.29. The number of anilines is 2. The Bertz CT molecular complexity index is 741. The highest BCUT2D eigenvalue weighted by molar-refractivity contribution is 7.92. The van der Waals surface area contributed by atoms with E-state index in [1.165, 1.54) is 0 Å². The molecule has 0 unspecified atom stereocenters. The van der Waals surface area contributed by atoms with Gasteiger partial charge in [0.05, 0.1) is 0 Å². The van der Waals surface area contributed by atoms with Crippen LogP contribution in [0.2, 0.25) is 0 Å². The first-order valence-electron chi connectivity index (χ1n) is 5.95. The Morgan fingerprint density at radius 3 is 2.30 bits per heavy atom. The molecule has 0 radical (unpaired) electrons. The van der Waals surface area contributed by atoms with Crippen molar-refractivity contribution in [1.82, 2.24) is 0 Å². The molecule has 0 aliphatic heterocycles. The van der Waals surface area contributed by atoms with Crippen molar-refractivity contribution in [3.8, 4) is 0 Å². The number of benzene rings is 2. The van der Waals surface area contributed by atoms with E-state index in [1.807, 2.05) is 6.92 Å². The number of nitrogens with two attached hydrogens (primary N) is 1. The number of aryl methyl sites for hydroxylation is 2. The Morgan fingerprint density at radius 1 is 1.10 bits per heavy atom. The highest BCUT2D eigenvalue weighted by Crippen LogP contribution is 2.23. The third kappa shape index (κ3) is 2.91. The number of halogens is 1. The van der Waals surface area contributed by atoms with Gasteiger partial charge in [0.1, 0.15) is 10.7 Å². The van der Waals surface area contributed by atoms with Crippen molar-refractivity contribution in [3.05, 3.63) is 53.3 Å². The fraction of sp³-hybridized carbons (Fsp3) is 0.143. The molecule has 0 fully saturated rings. The maximum atomic E-state index is 13.8. The molecule has 0 saturated heterocycles. The van der Waals surface area contributed by atoms with Gasteiger partial charge in [0.25, 0.3) is 10.0 Å². The second kappa shape index (κ2) is 5.13. The van der Waals surface area contributed by atoms with Crippen molar-refractivity contribution in [2.24, 2.45) is 0 Å².